The minimum absolute atomic E-state index is 0.0415. The van der Waals surface area contributed by atoms with Crippen LogP contribution in [-0.4, -0.2) is 33.2 Å². The quantitative estimate of drug-likeness (QED) is 0.609. The molecule has 1 heterocycles. The smallest absolute Gasteiger partial charge is 0.287 e. The van der Waals surface area contributed by atoms with E-state index in [1.807, 2.05) is 13.8 Å². The normalized spacial score (nSPS) is 16.2. The van der Waals surface area contributed by atoms with Crippen LogP contribution in [0.4, 0.5) is 5.69 Å². The van der Waals surface area contributed by atoms with Gasteiger partial charge in [-0.3, -0.25) is 14.9 Å². The van der Waals surface area contributed by atoms with E-state index >= 15 is 0 Å². The minimum atomic E-state index is -0.627. The average Bonchev–Trinajstić information content (AvgIpc) is 3.13. The summed E-state index contributed by atoms with van der Waals surface area (Å²) < 4.78 is 1.66. The molecule has 2 N–H and O–H groups in total. The van der Waals surface area contributed by atoms with Crippen molar-refractivity contribution in [3.8, 4) is 0 Å². The highest BCUT2D eigenvalue weighted by Gasteiger charge is 2.30. The second-order valence-electron chi connectivity index (χ2n) is 5.50. The second-order valence-corrected chi connectivity index (χ2v) is 5.50. The molecule has 1 amide bonds. The second kappa shape index (κ2) is 5.62. The van der Waals surface area contributed by atoms with Crippen LogP contribution in [0.15, 0.2) is 12.3 Å². The van der Waals surface area contributed by atoms with Gasteiger partial charge in [-0.1, -0.05) is 13.8 Å². The lowest BCUT2D eigenvalue weighted by molar-refractivity contribution is -0.384. The Morgan fingerprint density at radius 3 is 2.75 bits per heavy atom. The Morgan fingerprint density at radius 2 is 2.25 bits per heavy atom. The lowest BCUT2D eigenvalue weighted by Gasteiger charge is -2.15. The van der Waals surface area contributed by atoms with Gasteiger partial charge in [0.05, 0.1) is 17.2 Å². The predicted molar refractivity (Wildman–Crippen MR) is 72.5 cm³/mol. The fourth-order valence-corrected chi connectivity index (χ4v) is 1.92. The molecule has 1 aliphatic carbocycles. The molecule has 1 saturated carbocycles. The first kappa shape index (κ1) is 14.5. The fraction of sp³-hybridized carbons (Fsp3) is 0.615. The number of nitrogens with zero attached hydrogens (tertiary/aromatic N) is 2. The van der Waals surface area contributed by atoms with E-state index in [-0.39, 0.29) is 35.8 Å². The van der Waals surface area contributed by atoms with Gasteiger partial charge in [0, 0.05) is 18.7 Å². The zero-order valence-corrected chi connectivity index (χ0v) is 11.6. The van der Waals surface area contributed by atoms with Crippen molar-refractivity contribution in [2.75, 3.05) is 6.54 Å². The van der Waals surface area contributed by atoms with Gasteiger partial charge < -0.3 is 15.0 Å². The number of aliphatic hydroxyl groups excluding tert-OH is 1. The number of aliphatic hydroxyl groups is 1. The van der Waals surface area contributed by atoms with Crippen molar-refractivity contribution in [2.45, 2.75) is 38.8 Å². The number of carbonyl (C=O) groups excluding carboxylic acids is 1. The molecule has 0 bridgehead atoms. The molecule has 0 radical (unpaired) electrons. The molecule has 20 heavy (non-hydrogen) atoms. The van der Waals surface area contributed by atoms with Gasteiger partial charge in [-0.05, 0) is 18.8 Å². The fourth-order valence-electron chi connectivity index (χ4n) is 1.92. The summed E-state index contributed by atoms with van der Waals surface area (Å²) in [4.78, 5) is 22.4. The third-order valence-corrected chi connectivity index (χ3v) is 3.46. The highest BCUT2D eigenvalue weighted by molar-refractivity contribution is 5.93. The largest absolute Gasteiger partial charge is 0.391 e. The number of nitrogens with one attached hydrogen (secondary N) is 1. The monoisotopic (exact) mass is 281 g/mol. The topological polar surface area (TPSA) is 97.4 Å². The van der Waals surface area contributed by atoms with Gasteiger partial charge in [-0.2, -0.15) is 0 Å². The molecule has 1 unspecified atom stereocenters. The van der Waals surface area contributed by atoms with Crippen molar-refractivity contribution in [3.63, 3.8) is 0 Å². The standard InChI is InChI=1S/C13H19N3O4/c1-8(2)12(17)6-14-13(18)11-5-10(16(19)20)7-15(11)9-3-4-9/h5,7-9,12,17H,3-4,6H2,1-2H3,(H,14,18). The van der Waals surface area contributed by atoms with Crippen LogP contribution in [-0.2, 0) is 0 Å². The van der Waals surface area contributed by atoms with Crippen molar-refractivity contribution >= 4 is 11.6 Å². The number of hydrogen-bond donors (Lipinski definition) is 2. The van der Waals surface area contributed by atoms with E-state index < -0.39 is 11.0 Å². The Kier molecular flexibility index (Phi) is 4.08. The number of aromatic nitrogens is 1. The molecule has 1 aromatic rings. The summed E-state index contributed by atoms with van der Waals surface area (Å²) >= 11 is 0. The van der Waals surface area contributed by atoms with Crippen molar-refractivity contribution in [2.24, 2.45) is 5.92 Å². The SMILES string of the molecule is CC(C)C(O)CNC(=O)c1cc([N+](=O)[O-])cn1C1CC1. The molecule has 1 fully saturated rings. The molecule has 0 aliphatic heterocycles. The predicted octanol–water partition coefficient (Wildman–Crippen LogP) is 1.48. The Labute approximate surface area is 116 Å². The van der Waals surface area contributed by atoms with Gasteiger partial charge in [-0.15, -0.1) is 0 Å². The average molecular weight is 281 g/mol. The van der Waals surface area contributed by atoms with Crippen LogP contribution in [0.25, 0.3) is 0 Å². The zero-order chi connectivity index (χ0) is 14.9. The van der Waals surface area contributed by atoms with Crippen LogP contribution in [0.5, 0.6) is 0 Å². The van der Waals surface area contributed by atoms with E-state index in [9.17, 15) is 20.0 Å². The van der Waals surface area contributed by atoms with Gasteiger partial charge in [-0.25, -0.2) is 0 Å². The zero-order valence-electron chi connectivity index (χ0n) is 11.6. The molecular weight excluding hydrogens is 262 g/mol. The molecule has 7 heteroatoms. The highest BCUT2D eigenvalue weighted by Crippen LogP contribution is 2.37. The number of hydrogen-bond acceptors (Lipinski definition) is 4. The molecule has 110 valence electrons. The first-order valence-corrected chi connectivity index (χ1v) is 6.72. The van der Waals surface area contributed by atoms with Crippen molar-refractivity contribution < 1.29 is 14.8 Å². The third kappa shape index (κ3) is 3.16. The molecule has 1 atom stereocenters. The summed E-state index contributed by atoms with van der Waals surface area (Å²) in [6.45, 7) is 3.85. The van der Waals surface area contributed by atoms with E-state index in [0.717, 1.165) is 12.8 Å². The molecule has 2 rings (SSSR count). The van der Waals surface area contributed by atoms with Gasteiger partial charge >= 0.3 is 0 Å². The molecule has 7 nitrogen and oxygen atoms in total. The van der Waals surface area contributed by atoms with E-state index in [0.29, 0.717) is 0 Å². The summed E-state index contributed by atoms with van der Waals surface area (Å²) in [5, 5.41) is 23.1. The van der Waals surface area contributed by atoms with Crippen LogP contribution in [0, 0.1) is 16.0 Å². The van der Waals surface area contributed by atoms with Gasteiger partial charge in [0.1, 0.15) is 5.69 Å². The van der Waals surface area contributed by atoms with Crippen LogP contribution in [0.2, 0.25) is 0 Å². The lowest BCUT2D eigenvalue weighted by atomic mass is 10.1. The molecule has 1 aliphatic rings. The van der Waals surface area contributed by atoms with E-state index in [2.05, 4.69) is 5.32 Å². The third-order valence-electron chi connectivity index (χ3n) is 3.46. The maximum atomic E-state index is 12.1. The first-order chi connectivity index (χ1) is 9.40. The molecule has 0 saturated heterocycles. The molecule has 0 aromatic carbocycles. The number of rotatable bonds is 6. The van der Waals surface area contributed by atoms with Crippen molar-refractivity contribution in [1.29, 1.82) is 0 Å². The lowest BCUT2D eigenvalue weighted by Crippen LogP contribution is -2.35. The maximum Gasteiger partial charge on any atom is 0.287 e. The van der Waals surface area contributed by atoms with Crippen LogP contribution >= 0.6 is 0 Å². The van der Waals surface area contributed by atoms with E-state index in [1.165, 1.54) is 12.3 Å². The van der Waals surface area contributed by atoms with E-state index in [4.69, 9.17) is 0 Å². The Balaban J connectivity index is 2.10. The summed E-state index contributed by atoms with van der Waals surface area (Å²) in [6, 6.07) is 1.47. The summed E-state index contributed by atoms with van der Waals surface area (Å²) in [5.41, 5.74) is 0.210. The Bertz CT molecular complexity index is 520. The number of carbonyl (C=O) groups is 1. The number of nitro groups is 1. The maximum absolute atomic E-state index is 12.1. The molecule has 0 spiro atoms. The Morgan fingerprint density at radius 1 is 1.60 bits per heavy atom. The summed E-state index contributed by atoms with van der Waals surface area (Å²) in [6.07, 6.45) is 2.64. The van der Waals surface area contributed by atoms with Crippen LogP contribution in [0.3, 0.4) is 0 Å². The first-order valence-electron chi connectivity index (χ1n) is 6.72. The minimum Gasteiger partial charge on any atom is -0.391 e. The van der Waals surface area contributed by atoms with Crippen molar-refractivity contribution in [1.82, 2.24) is 9.88 Å². The highest BCUT2D eigenvalue weighted by atomic mass is 16.6. The van der Waals surface area contributed by atoms with Crippen LogP contribution < -0.4 is 5.32 Å². The van der Waals surface area contributed by atoms with E-state index in [1.54, 1.807) is 4.57 Å². The Hall–Kier alpha value is -1.89. The molecule has 1 aromatic heterocycles. The molecular formula is C13H19N3O4. The van der Waals surface area contributed by atoms with Gasteiger partial charge in [0.25, 0.3) is 11.6 Å². The van der Waals surface area contributed by atoms with Gasteiger partial charge in [0.15, 0.2) is 0 Å². The van der Waals surface area contributed by atoms with Gasteiger partial charge in [0.2, 0.25) is 0 Å². The number of amides is 1. The van der Waals surface area contributed by atoms with Crippen molar-refractivity contribution in [3.05, 3.63) is 28.1 Å². The summed E-state index contributed by atoms with van der Waals surface area (Å²) in [7, 11) is 0. The van der Waals surface area contributed by atoms with Crippen LogP contribution in [0.1, 0.15) is 43.2 Å². The summed E-state index contributed by atoms with van der Waals surface area (Å²) in [5.74, 6) is -0.343.